The summed E-state index contributed by atoms with van der Waals surface area (Å²) >= 11 is 13.6. The molecule has 0 spiro atoms. The van der Waals surface area contributed by atoms with Crippen LogP contribution in [0.1, 0.15) is 6.92 Å². The lowest BCUT2D eigenvalue weighted by Gasteiger charge is -2.40. The lowest BCUT2D eigenvalue weighted by Crippen LogP contribution is -2.55. The first-order valence-electron chi connectivity index (χ1n) is 12.2. The highest BCUT2D eigenvalue weighted by atomic mass is 35.5. The average molecular weight is 569 g/mol. The van der Waals surface area contributed by atoms with Crippen LogP contribution in [0, 0.1) is 0 Å². The van der Waals surface area contributed by atoms with Gasteiger partial charge in [-0.3, -0.25) is 9.69 Å². The van der Waals surface area contributed by atoms with Crippen LogP contribution >= 0.6 is 35.0 Å². The predicted octanol–water partition coefficient (Wildman–Crippen LogP) is 3.07. The fraction of sp³-hybridized carbons (Fsp3) is 0.500. The second-order valence-electron chi connectivity index (χ2n) is 8.85. The molecule has 3 amide bonds. The van der Waals surface area contributed by atoms with Crippen LogP contribution in [0.15, 0.2) is 35.5 Å². The lowest BCUT2D eigenvalue weighted by atomic mass is 10.2. The van der Waals surface area contributed by atoms with Crippen LogP contribution in [0.25, 0.3) is 0 Å². The summed E-state index contributed by atoms with van der Waals surface area (Å²) in [6, 6.07) is 8.55. The van der Waals surface area contributed by atoms with Gasteiger partial charge in [-0.2, -0.15) is 0 Å². The van der Waals surface area contributed by atoms with Gasteiger partial charge in [0.15, 0.2) is 5.16 Å². The Kier molecular flexibility index (Phi) is 10.1. The third kappa shape index (κ3) is 8.34. The molecule has 2 aromatic rings. The third-order valence-corrected chi connectivity index (χ3v) is 7.41. The van der Waals surface area contributed by atoms with E-state index in [4.69, 9.17) is 27.9 Å². The molecule has 2 aliphatic rings. The molecule has 13 heteroatoms. The number of aromatic nitrogens is 2. The minimum absolute atomic E-state index is 0.0602. The van der Waals surface area contributed by atoms with Gasteiger partial charge in [0.1, 0.15) is 11.0 Å². The molecule has 1 aromatic carbocycles. The summed E-state index contributed by atoms with van der Waals surface area (Å²) in [6.45, 7) is 8.34. The molecule has 0 radical (unpaired) electrons. The topological polar surface area (TPSA) is 103 Å². The van der Waals surface area contributed by atoms with Crippen molar-refractivity contribution >= 4 is 58.4 Å². The minimum Gasteiger partial charge on any atom is -0.379 e. The standard InChI is InChI=1S/C24H31Cl2N7O3S/c1-17-15-32(7-8-33(17)24(35)28-19-4-2-3-18(25)13-19)21-14-20(26)29-23(30-21)37-16-22(34)27-5-6-31-9-11-36-12-10-31/h2-4,13-14,17H,5-12,15-16H2,1H3,(H,27,34)(H,28,35). The summed E-state index contributed by atoms with van der Waals surface area (Å²) in [5.74, 6) is 0.810. The zero-order valence-electron chi connectivity index (χ0n) is 20.7. The molecule has 1 aromatic heterocycles. The van der Waals surface area contributed by atoms with Crippen LogP contribution in [0.2, 0.25) is 10.2 Å². The molecule has 0 aliphatic carbocycles. The summed E-state index contributed by atoms with van der Waals surface area (Å²) in [5, 5.41) is 7.17. The van der Waals surface area contributed by atoms with Crippen molar-refractivity contribution in [3.05, 3.63) is 40.5 Å². The number of nitrogens with one attached hydrogen (secondary N) is 2. The molecule has 200 valence electrons. The van der Waals surface area contributed by atoms with Crippen LogP contribution in [0.3, 0.4) is 0 Å². The van der Waals surface area contributed by atoms with E-state index in [-0.39, 0.29) is 23.7 Å². The molecule has 2 saturated heterocycles. The van der Waals surface area contributed by atoms with Crippen LogP contribution in [-0.2, 0) is 9.53 Å². The van der Waals surface area contributed by atoms with Gasteiger partial charge in [0.2, 0.25) is 5.91 Å². The molecule has 10 nitrogen and oxygen atoms in total. The van der Waals surface area contributed by atoms with Gasteiger partial charge in [-0.25, -0.2) is 14.8 Å². The van der Waals surface area contributed by atoms with Crippen LogP contribution < -0.4 is 15.5 Å². The fourth-order valence-corrected chi connectivity index (χ4v) is 5.30. The van der Waals surface area contributed by atoms with Crippen molar-refractivity contribution in [1.82, 2.24) is 25.1 Å². The highest BCUT2D eigenvalue weighted by molar-refractivity contribution is 7.99. The molecule has 1 atom stereocenters. The Morgan fingerprint density at radius 3 is 2.70 bits per heavy atom. The van der Waals surface area contributed by atoms with Crippen LogP contribution in [0.4, 0.5) is 16.3 Å². The van der Waals surface area contributed by atoms with Gasteiger partial charge >= 0.3 is 6.03 Å². The lowest BCUT2D eigenvalue weighted by molar-refractivity contribution is -0.118. The summed E-state index contributed by atoms with van der Waals surface area (Å²) in [7, 11) is 0. The van der Waals surface area contributed by atoms with Crippen LogP contribution in [-0.4, -0.2) is 103 Å². The second-order valence-corrected chi connectivity index (χ2v) is 10.6. The van der Waals surface area contributed by atoms with Gasteiger partial charge in [0, 0.05) is 68.6 Å². The summed E-state index contributed by atoms with van der Waals surface area (Å²) in [4.78, 5) is 40.1. The van der Waals surface area contributed by atoms with E-state index in [1.807, 2.05) is 6.92 Å². The van der Waals surface area contributed by atoms with E-state index >= 15 is 0 Å². The third-order valence-electron chi connectivity index (χ3n) is 6.14. The molecule has 1 unspecified atom stereocenters. The number of carbonyl (C=O) groups is 2. The second kappa shape index (κ2) is 13.5. The maximum atomic E-state index is 12.8. The van der Waals surface area contributed by atoms with E-state index < -0.39 is 0 Å². The fourth-order valence-electron chi connectivity index (χ4n) is 4.20. The Hall–Kier alpha value is -2.31. The maximum Gasteiger partial charge on any atom is 0.322 e. The predicted molar refractivity (Wildman–Crippen MR) is 147 cm³/mol. The normalized spacial score (nSPS) is 18.5. The quantitative estimate of drug-likeness (QED) is 0.285. The van der Waals surface area contributed by atoms with Crippen molar-refractivity contribution in [3.63, 3.8) is 0 Å². The number of carbonyl (C=O) groups excluding carboxylic acids is 2. The van der Waals surface area contributed by atoms with Crippen LogP contribution in [0.5, 0.6) is 0 Å². The van der Waals surface area contributed by atoms with Crippen molar-refractivity contribution in [2.75, 3.05) is 75.0 Å². The zero-order valence-corrected chi connectivity index (χ0v) is 23.0. The zero-order chi connectivity index (χ0) is 26.2. The van der Waals surface area contributed by atoms with E-state index in [0.717, 1.165) is 32.8 Å². The number of thioether (sulfide) groups is 1. The van der Waals surface area contributed by atoms with Gasteiger partial charge in [0.05, 0.1) is 19.0 Å². The van der Waals surface area contributed by atoms with E-state index in [9.17, 15) is 9.59 Å². The first-order valence-corrected chi connectivity index (χ1v) is 13.9. The van der Waals surface area contributed by atoms with Crippen molar-refractivity contribution in [2.45, 2.75) is 18.1 Å². The number of hydrogen-bond donors (Lipinski definition) is 2. The largest absolute Gasteiger partial charge is 0.379 e. The monoisotopic (exact) mass is 567 g/mol. The molecule has 37 heavy (non-hydrogen) atoms. The van der Waals surface area contributed by atoms with Crippen molar-refractivity contribution in [1.29, 1.82) is 0 Å². The summed E-state index contributed by atoms with van der Waals surface area (Å²) in [5.41, 5.74) is 0.654. The number of anilines is 2. The highest BCUT2D eigenvalue weighted by Gasteiger charge is 2.28. The molecule has 4 rings (SSSR count). The number of halogens is 2. The highest BCUT2D eigenvalue weighted by Crippen LogP contribution is 2.24. The first kappa shape index (κ1) is 27.7. The number of rotatable bonds is 8. The Labute approximate surface area is 231 Å². The smallest absolute Gasteiger partial charge is 0.322 e. The molecule has 2 N–H and O–H groups in total. The molecule has 0 saturated carbocycles. The molecule has 3 heterocycles. The van der Waals surface area contributed by atoms with E-state index in [2.05, 4.69) is 30.4 Å². The SMILES string of the molecule is CC1CN(c2cc(Cl)nc(SCC(=O)NCCN3CCOCC3)n2)CCN1C(=O)Nc1cccc(Cl)c1. The number of piperazine rings is 1. The Balaban J connectivity index is 1.26. The molecule has 0 bridgehead atoms. The molecular weight excluding hydrogens is 537 g/mol. The number of benzene rings is 1. The van der Waals surface area contributed by atoms with E-state index in [1.54, 1.807) is 35.2 Å². The first-order chi connectivity index (χ1) is 17.9. The van der Waals surface area contributed by atoms with Crippen molar-refractivity contribution < 1.29 is 14.3 Å². The van der Waals surface area contributed by atoms with Gasteiger partial charge in [-0.1, -0.05) is 41.0 Å². The Bertz CT molecular complexity index is 1090. The Morgan fingerprint density at radius 2 is 1.95 bits per heavy atom. The molecule has 2 fully saturated rings. The van der Waals surface area contributed by atoms with Gasteiger partial charge in [-0.05, 0) is 25.1 Å². The number of morpholine rings is 1. The number of ether oxygens (including phenoxy) is 1. The molecule has 2 aliphatic heterocycles. The summed E-state index contributed by atoms with van der Waals surface area (Å²) < 4.78 is 5.34. The van der Waals surface area contributed by atoms with Crippen molar-refractivity contribution in [2.24, 2.45) is 0 Å². The van der Waals surface area contributed by atoms with E-state index in [1.165, 1.54) is 11.8 Å². The van der Waals surface area contributed by atoms with Gasteiger partial charge in [-0.15, -0.1) is 0 Å². The summed E-state index contributed by atoms with van der Waals surface area (Å²) in [6.07, 6.45) is 0. The number of nitrogens with zero attached hydrogens (tertiary/aromatic N) is 5. The van der Waals surface area contributed by atoms with Gasteiger partial charge in [0.25, 0.3) is 0 Å². The minimum atomic E-state index is -0.175. The van der Waals surface area contributed by atoms with Gasteiger partial charge < -0.3 is 25.2 Å². The van der Waals surface area contributed by atoms with E-state index in [0.29, 0.717) is 53.0 Å². The number of urea groups is 1. The number of hydrogen-bond acceptors (Lipinski definition) is 8. The van der Waals surface area contributed by atoms with Crippen molar-refractivity contribution in [3.8, 4) is 0 Å². The maximum absolute atomic E-state index is 12.8. The average Bonchev–Trinajstić information content (AvgIpc) is 2.87. The Morgan fingerprint density at radius 1 is 1.14 bits per heavy atom. The number of amides is 3. The molecular formula is C24H31Cl2N7O3S.